The van der Waals surface area contributed by atoms with Gasteiger partial charge < -0.3 is 15.1 Å². The molecule has 0 spiro atoms. The van der Waals surface area contributed by atoms with Crippen molar-refractivity contribution in [2.45, 2.75) is 20.4 Å². The number of hydrogen-bond donors (Lipinski definition) is 2. The predicted octanol–water partition coefficient (Wildman–Crippen LogP) is 3.11. The molecule has 0 unspecified atom stereocenters. The number of halogens is 1. The summed E-state index contributed by atoms with van der Waals surface area (Å²) >= 11 is 3.33. The molecule has 0 saturated carbocycles. The maximum absolute atomic E-state index is 12.2. The molecule has 2 aromatic rings. The number of aryl methyl sites for hydroxylation is 1. The molecular formula is C14H16BrN3O2. The van der Waals surface area contributed by atoms with Crippen molar-refractivity contribution in [2.75, 3.05) is 11.9 Å². The number of hydrogen-bond acceptors (Lipinski definition) is 4. The van der Waals surface area contributed by atoms with E-state index in [1.807, 2.05) is 26.0 Å². The lowest BCUT2D eigenvalue weighted by Crippen LogP contribution is -2.24. The molecule has 0 bridgehead atoms. The van der Waals surface area contributed by atoms with Gasteiger partial charge in [0.25, 0.3) is 5.91 Å². The Bertz CT molecular complexity index is 610. The summed E-state index contributed by atoms with van der Waals surface area (Å²) in [6, 6.07) is 5.46. The van der Waals surface area contributed by atoms with Crippen molar-refractivity contribution in [2.24, 2.45) is 0 Å². The molecule has 2 heterocycles. The fourth-order valence-corrected chi connectivity index (χ4v) is 2.09. The molecule has 2 rings (SSSR count). The molecule has 106 valence electrons. The molecule has 0 aromatic carbocycles. The number of pyridine rings is 1. The normalized spacial score (nSPS) is 10.3. The van der Waals surface area contributed by atoms with Crippen LogP contribution in [0.3, 0.4) is 0 Å². The second kappa shape index (κ2) is 6.56. The summed E-state index contributed by atoms with van der Waals surface area (Å²) in [6.45, 7) is 4.88. The van der Waals surface area contributed by atoms with Gasteiger partial charge in [-0.3, -0.25) is 4.79 Å². The Labute approximate surface area is 125 Å². The number of furan rings is 1. The zero-order valence-electron chi connectivity index (χ0n) is 11.4. The largest absolute Gasteiger partial charge is 0.465 e. The Balaban J connectivity index is 2.09. The standard InChI is InChI=1S/C14H16BrN3O2/c1-3-16-13-12(6-10(15)7-17-13)14(19)18-8-11-5-4-9(2)20-11/h4-7H,3,8H2,1-2H3,(H,16,17)(H,18,19). The van der Waals surface area contributed by atoms with Gasteiger partial charge in [-0.25, -0.2) is 4.98 Å². The molecule has 0 atom stereocenters. The van der Waals surface area contributed by atoms with Gasteiger partial charge in [-0.15, -0.1) is 0 Å². The van der Waals surface area contributed by atoms with E-state index in [4.69, 9.17) is 4.42 Å². The van der Waals surface area contributed by atoms with Crippen LogP contribution in [0.5, 0.6) is 0 Å². The minimum Gasteiger partial charge on any atom is -0.465 e. The Morgan fingerprint density at radius 1 is 1.45 bits per heavy atom. The van der Waals surface area contributed by atoms with Crippen LogP contribution < -0.4 is 10.6 Å². The first-order chi connectivity index (χ1) is 9.60. The maximum Gasteiger partial charge on any atom is 0.255 e. The fraction of sp³-hybridized carbons (Fsp3) is 0.286. The van der Waals surface area contributed by atoms with Crippen LogP contribution >= 0.6 is 15.9 Å². The van der Waals surface area contributed by atoms with Gasteiger partial charge in [0.2, 0.25) is 0 Å². The van der Waals surface area contributed by atoms with Crippen molar-refractivity contribution < 1.29 is 9.21 Å². The summed E-state index contributed by atoms with van der Waals surface area (Å²) in [6.07, 6.45) is 1.66. The molecule has 5 nitrogen and oxygen atoms in total. The number of carbonyl (C=O) groups is 1. The fourth-order valence-electron chi connectivity index (χ4n) is 1.76. The smallest absolute Gasteiger partial charge is 0.255 e. The highest BCUT2D eigenvalue weighted by atomic mass is 79.9. The minimum atomic E-state index is -0.191. The van der Waals surface area contributed by atoms with Crippen molar-refractivity contribution in [3.63, 3.8) is 0 Å². The molecule has 0 saturated heterocycles. The van der Waals surface area contributed by atoms with Gasteiger partial charge in [0, 0.05) is 17.2 Å². The molecule has 0 aliphatic heterocycles. The quantitative estimate of drug-likeness (QED) is 0.879. The number of nitrogens with zero attached hydrogens (tertiary/aromatic N) is 1. The molecule has 20 heavy (non-hydrogen) atoms. The predicted molar refractivity (Wildman–Crippen MR) is 80.7 cm³/mol. The number of nitrogens with one attached hydrogen (secondary N) is 2. The highest BCUT2D eigenvalue weighted by Gasteiger charge is 2.13. The van der Waals surface area contributed by atoms with E-state index in [0.717, 1.165) is 16.0 Å². The molecule has 6 heteroatoms. The first-order valence-electron chi connectivity index (χ1n) is 6.33. The third-order valence-corrected chi connectivity index (χ3v) is 3.10. The topological polar surface area (TPSA) is 67.2 Å². The van der Waals surface area contributed by atoms with E-state index < -0.39 is 0 Å². The van der Waals surface area contributed by atoms with Gasteiger partial charge in [0.15, 0.2) is 0 Å². The number of anilines is 1. The van der Waals surface area contributed by atoms with Gasteiger partial charge in [-0.2, -0.15) is 0 Å². The Morgan fingerprint density at radius 3 is 2.90 bits per heavy atom. The second-order valence-electron chi connectivity index (χ2n) is 4.28. The lowest BCUT2D eigenvalue weighted by atomic mass is 10.2. The van der Waals surface area contributed by atoms with Gasteiger partial charge in [-0.05, 0) is 48.0 Å². The average molecular weight is 338 g/mol. The summed E-state index contributed by atoms with van der Waals surface area (Å²) < 4.78 is 6.18. The van der Waals surface area contributed by atoms with Crippen LogP contribution in [0, 0.1) is 6.92 Å². The SMILES string of the molecule is CCNc1ncc(Br)cc1C(=O)NCc1ccc(C)o1. The third kappa shape index (κ3) is 3.60. The summed E-state index contributed by atoms with van der Waals surface area (Å²) in [5.74, 6) is 1.93. The van der Waals surface area contributed by atoms with Crippen molar-refractivity contribution in [3.05, 3.63) is 46.0 Å². The molecule has 0 aliphatic carbocycles. The molecule has 2 N–H and O–H groups in total. The van der Waals surface area contributed by atoms with Crippen LogP contribution in [-0.4, -0.2) is 17.4 Å². The van der Waals surface area contributed by atoms with Crippen LogP contribution in [0.1, 0.15) is 28.8 Å². The second-order valence-corrected chi connectivity index (χ2v) is 5.19. The Hall–Kier alpha value is -1.82. The first kappa shape index (κ1) is 14.6. The summed E-state index contributed by atoms with van der Waals surface area (Å²) in [5.41, 5.74) is 0.504. The summed E-state index contributed by atoms with van der Waals surface area (Å²) in [7, 11) is 0. The number of rotatable bonds is 5. The Morgan fingerprint density at radius 2 is 2.25 bits per heavy atom. The molecule has 0 radical (unpaired) electrons. The average Bonchev–Trinajstić information content (AvgIpc) is 2.84. The van der Waals surface area contributed by atoms with Crippen molar-refractivity contribution in [1.29, 1.82) is 0 Å². The number of carbonyl (C=O) groups excluding carboxylic acids is 1. The zero-order valence-corrected chi connectivity index (χ0v) is 13.0. The zero-order chi connectivity index (χ0) is 14.5. The van der Waals surface area contributed by atoms with E-state index in [2.05, 4.69) is 31.5 Å². The highest BCUT2D eigenvalue weighted by Crippen LogP contribution is 2.18. The van der Waals surface area contributed by atoms with E-state index >= 15 is 0 Å². The van der Waals surface area contributed by atoms with Crippen LogP contribution in [0.4, 0.5) is 5.82 Å². The third-order valence-electron chi connectivity index (χ3n) is 2.66. The van der Waals surface area contributed by atoms with Crippen LogP contribution in [0.25, 0.3) is 0 Å². The molecule has 0 aliphatic rings. The van der Waals surface area contributed by atoms with Crippen LogP contribution in [0.15, 0.2) is 33.3 Å². The van der Waals surface area contributed by atoms with E-state index in [0.29, 0.717) is 24.5 Å². The molecular weight excluding hydrogens is 322 g/mol. The lowest BCUT2D eigenvalue weighted by molar-refractivity contribution is 0.0948. The molecule has 1 amide bonds. The van der Waals surface area contributed by atoms with Crippen molar-refractivity contribution >= 4 is 27.7 Å². The summed E-state index contributed by atoms with van der Waals surface area (Å²) in [4.78, 5) is 16.4. The molecule has 0 fully saturated rings. The van der Waals surface area contributed by atoms with E-state index in [1.54, 1.807) is 12.3 Å². The van der Waals surface area contributed by atoms with Gasteiger partial charge >= 0.3 is 0 Å². The highest BCUT2D eigenvalue weighted by molar-refractivity contribution is 9.10. The minimum absolute atomic E-state index is 0.191. The van der Waals surface area contributed by atoms with E-state index in [1.165, 1.54) is 0 Å². The van der Waals surface area contributed by atoms with Gasteiger partial charge in [-0.1, -0.05) is 0 Å². The lowest BCUT2D eigenvalue weighted by Gasteiger charge is -2.10. The van der Waals surface area contributed by atoms with Crippen molar-refractivity contribution in [1.82, 2.24) is 10.3 Å². The van der Waals surface area contributed by atoms with Crippen LogP contribution in [-0.2, 0) is 6.54 Å². The summed E-state index contributed by atoms with van der Waals surface area (Å²) in [5, 5.41) is 5.89. The Kier molecular flexibility index (Phi) is 4.79. The van der Waals surface area contributed by atoms with Crippen molar-refractivity contribution in [3.8, 4) is 0 Å². The first-order valence-corrected chi connectivity index (χ1v) is 7.12. The van der Waals surface area contributed by atoms with Gasteiger partial charge in [0.05, 0.1) is 12.1 Å². The maximum atomic E-state index is 12.2. The van der Waals surface area contributed by atoms with E-state index in [9.17, 15) is 4.79 Å². The number of amides is 1. The molecule has 2 aromatic heterocycles. The van der Waals surface area contributed by atoms with E-state index in [-0.39, 0.29) is 5.91 Å². The monoisotopic (exact) mass is 337 g/mol. The number of aromatic nitrogens is 1. The van der Waals surface area contributed by atoms with Gasteiger partial charge in [0.1, 0.15) is 17.3 Å². The van der Waals surface area contributed by atoms with Crippen LogP contribution in [0.2, 0.25) is 0 Å².